The van der Waals surface area contributed by atoms with E-state index in [2.05, 4.69) is 0 Å². The second-order valence-corrected chi connectivity index (χ2v) is 9.85. The zero-order valence-corrected chi connectivity index (χ0v) is 23.6. The van der Waals surface area contributed by atoms with Gasteiger partial charge < -0.3 is 19.5 Å². The largest absolute Gasteiger partial charge is 0.465 e. The summed E-state index contributed by atoms with van der Waals surface area (Å²) >= 11 is 0. The van der Waals surface area contributed by atoms with Crippen LogP contribution in [0.2, 0.25) is 0 Å². The van der Waals surface area contributed by atoms with Gasteiger partial charge in [0.25, 0.3) is 0 Å². The monoisotopic (exact) mass is 566 g/mol. The maximum absolute atomic E-state index is 14.2. The lowest BCUT2D eigenvalue weighted by Gasteiger charge is -2.35. The van der Waals surface area contributed by atoms with Crippen molar-refractivity contribution in [2.75, 3.05) is 32.8 Å². The van der Waals surface area contributed by atoms with E-state index < -0.39 is 36.0 Å². The molecule has 1 aliphatic carbocycles. The Morgan fingerprint density at radius 1 is 0.878 bits per heavy atom. The van der Waals surface area contributed by atoms with Crippen molar-refractivity contribution >= 4 is 12.0 Å². The quantitative estimate of drug-likeness (QED) is 0.260. The molecule has 41 heavy (non-hydrogen) atoms. The molecule has 0 bridgehead atoms. The molecule has 0 radical (unpaired) electrons. The van der Waals surface area contributed by atoms with E-state index in [9.17, 15) is 23.5 Å². The number of hydrogen-bond donors (Lipinski definition) is 1. The molecule has 3 aromatic carbocycles. The molecule has 0 saturated heterocycles. The normalized spacial score (nSPS) is 13.1. The van der Waals surface area contributed by atoms with Crippen LogP contribution in [0.25, 0.3) is 11.1 Å². The van der Waals surface area contributed by atoms with Gasteiger partial charge >= 0.3 is 6.09 Å². The average molecular weight is 567 g/mol. The lowest BCUT2D eigenvalue weighted by atomic mass is 9.94. The molecular formula is C32H36F2N2O5. The van der Waals surface area contributed by atoms with Gasteiger partial charge in [-0.15, -0.1) is 0 Å². The fraction of sp³-hybridized carbons (Fsp3) is 0.375. The summed E-state index contributed by atoms with van der Waals surface area (Å²) in [6.07, 6.45) is -2.11. The van der Waals surface area contributed by atoms with Gasteiger partial charge in [-0.3, -0.25) is 9.69 Å². The second-order valence-electron chi connectivity index (χ2n) is 9.85. The number of amides is 2. The maximum atomic E-state index is 14.2. The molecular weight excluding hydrogens is 530 g/mol. The summed E-state index contributed by atoms with van der Waals surface area (Å²) in [5.74, 6) is -2.86. The van der Waals surface area contributed by atoms with Crippen molar-refractivity contribution in [3.8, 4) is 11.1 Å². The highest BCUT2D eigenvalue weighted by Crippen LogP contribution is 2.45. The van der Waals surface area contributed by atoms with Crippen LogP contribution in [0.1, 0.15) is 43.4 Å². The van der Waals surface area contributed by atoms with Crippen LogP contribution in [0.5, 0.6) is 0 Å². The number of carbonyl (C=O) groups is 2. The molecule has 1 aliphatic rings. The number of nitrogens with zero attached hydrogens (tertiary/aromatic N) is 2. The molecule has 9 heteroatoms. The molecule has 1 atom stereocenters. The lowest BCUT2D eigenvalue weighted by molar-refractivity contribution is -0.161. The summed E-state index contributed by atoms with van der Waals surface area (Å²) in [6.45, 7) is 6.53. The summed E-state index contributed by atoms with van der Waals surface area (Å²) in [7, 11) is 0. The summed E-state index contributed by atoms with van der Waals surface area (Å²) < 4.78 is 39.2. The number of carbonyl (C=O) groups excluding carboxylic acids is 1. The van der Waals surface area contributed by atoms with E-state index >= 15 is 0 Å². The number of fused-ring (bicyclic) bond motifs is 3. The predicted molar refractivity (Wildman–Crippen MR) is 152 cm³/mol. The van der Waals surface area contributed by atoms with E-state index in [0.717, 1.165) is 39.3 Å². The van der Waals surface area contributed by atoms with E-state index in [1.807, 2.05) is 62.4 Å². The van der Waals surface area contributed by atoms with E-state index in [1.54, 1.807) is 6.92 Å². The minimum absolute atomic E-state index is 0.00134. The molecule has 0 saturated carbocycles. The first kappa shape index (κ1) is 30.1. The number of hydrogen-bond acceptors (Lipinski definition) is 4. The molecule has 0 spiro atoms. The Balaban J connectivity index is 1.72. The van der Waals surface area contributed by atoms with Crippen LogP contribution >= 0.6 is 0 Å². The third kappa shape index (κ3) is 6.74. The number of halogens is 2. The van der Waals surface area contributed by atoms with Crippen molar-refractivity contribution in [2.24, 2.45) is 0 Å². The van der Waals surface area contributed by atoms with Crippen molar-refractivity contribution in [1.29, 1.82) is 0 Å². The molecule has 4 rings (SSSR count). The van der Waals surface area contributed by atoms with Crippen LogP contribution in [0.3, 0.4) is 0 Å². The molecule has 1 unspecified atom stereocenters. The number of benzene rings is 3. The van der Waals surface area contributed by atoms with Gasteiger partial charge in [-0.05, 0) is 60.7 Å². The summed E-state index contributed by atoms with van der Waals surface area (Å²) in [5, 5.41) is 10.5. The molecule has 0 fully saturated rings. The number of rotatable bonds is 13. The van der Waals surface area contributed by atoms with Gasteiger partial charge in [0, 0.05) is 38.6 Å². The van der Waals surface area contributed by atoms with Gasteiger partial charge in [-0.25, -0.2) is 13.6 Å². The molecule has 0 aliphatic heterocycles. The fourth-order valence-electron chi connectivity index (χ4n) is 5.50. The molecule has 3 aromatic rings. The first-order chi connectivity index (χ1) is 19.8. The Labute approximate surface area is 239 Å². The maximum Gasteiger partial charge on any atom is 0.408 e. The Hall–Kier alpha value is -3.82. The zero-order valence-electron chi connectivity index (χ0n) is 23.6. The molecule has 1 N–H and O–H groups in total. The van der Waals surface area contributed by atoms with Crippen LogP contribution in [-0.4, -0.2) is 72.1 Å². The van der Waals surface area contributed by atoms with Crippen molar-refractivity contribution in [1.82, 2.24) is 9.80 Å². The Kier molecular flexibility index (Phi) is 10.1. The molecule has 7 nitrogen and oxygen atoms in total. The highest BCUT2D eigenvalue weighted by atomic mass is 19.2. The van der Waals surface area contributed by atoms with Crippen molar-refractivity contribution in [3.05, 3.63) is 95.1 Å². The predicted octanol–water partition coefficient (Wildman–Crippen LogP) is 5.92. The van der Waals surface area contributed by atoms with Crippen LogP contribution in [0.4, 0.5) is 13.6 Å². The van der Waals surface area contributed by atoms with E-state index in [1.165, 1.54) is 11.0 Å². The van der Waals surface area contributed by atoms with E-state index in [4.69, 9.17) is 9.47 Å². The van der Waals surface area contributed by atoms with Crippen molar-refractivity contribution in [2.45, 2.75) is 45.4 Å². The highest BCUT2D eigenvalue weighted by molar-refractivity contribution is 5.86. The molecule has 0 aromatic heterocycles. The number of carboxylic acid groups (broad SMARTS) is 1. The van der Waals surface area contributed by atoms with Gasteiger partial charge in [0.1, 0.15) is 6.04 Å². The van der Waals surface area contributed by atoms with Gasteiger partial charge in [0.2, 0.25) is 5.91 Å². The minimum atomic E-state index is -1.28. The van der Waals surface area contributed by atoms with Crippen molar-refractivity contribution < 1.29 is 33.0 Å². The third-order valence-corrected chi connectivity index (χ3v) is 7.43. The summed E-state index contributed by atoms with van der Waals surface area (Å²) in [5.41, 5.74) is 4.29. The van der Waals surface area contributed by atoms with Crippen LogP contribution in [-0.2, 0) is 20.7 Å². The smallest absolute Gasteiger partial charge is 0.408 e. The standard InChI is InChI=1S/C32H36F2N2O5/c1-4-35(20-30(40-5-2)41-6-3)31(37)29(18-21-15-16-27(33)28(34)17-21)36(32(38)39)19-26-24-13-9-7-11-22(24)23-12-8-10-14-25(23)26/h7-17,26,29-30H,4-6,18-20H2,1-3H3,(H,38,39). The Bertz CT molecular complexity index is 1320. The fourth-order valence-corrected chi connectivity index (χ4v) is 5.50. The van der Waals surface area contributed by atoms with Crippen molar-refractivity contribution in [3.63, 3.8) is 0 Å². The van der Waals surface area contributed by atoms with Crippen LogP contribution in [0.15, 0.2) is 66.7 Å². The first-order valence-corrected chi connectivity index (χ1v) is 13.9. The minimum Gasteiger partial charge on any atom is -0.465 e. The van der Waals surface area contributed by atoms with Gasteiger partial charge in [-0.2, -0.15) is 0 Å². The first-order valence-electron chi connectivity index (χ1n) is 13.9. The summed E-state index contributed by atoms with van der Waals surface area (Å²) in [6, 6.07) is 17.8. The van der Waals surface area contributed by atoms with E-state index in [0.29, 0.717) is 18.8 Å². The summed E-state index contributed by atoms with van der Waals surface area (Å²) in [4.78, 5) is 29.6. The van der Waals surface area contributed by atoms with Gasteiger partial charge in [0.05, 0.1) is 6.54 Å². The molecule has 218 valence electrons. The average Bonchev–Trinajstić information content (AvgIpc) is 3.28. The van der Waals surface area contributed by atoms with Crippen LogP contribution < -0.4 is 0 Å². The Morgan fingerprint density at radius 2 is 1.46 bits per heavy atom. The van der Waals surface area contributed by atoms with E-state index in [-0.39, 0.29) is 32.0 Å². The third-order valence-electron chi connectivity index (χ3n) is 7.43. The SMILES string of the molecule is CCOC(CN(CC)C(=O)C(Cc1ccc(F)c(F)c1)N(CC1c2ccccc2-c2ccccc21)C(=O)O)OCC. The Morgan fingerprint density at radius 3 is 1.98 bits per heavy atom. The number of likely N-dealkylation sites (N-methyl/N-ethyl adjacent to an activating group) is 1. The topological polar surface area (TPSA) is 79.3 Å². The second kappa shape index (κ2) is 13.7. The highest BCUT2D eigenvalue weighted by Gasteiger charge is 2.38. The lowest BCUT2D eigenvalue weighted by Crippen LogP contribution is -2.54. The molecule has 2 amide bonds. The number of ether oxygens (including phenoxy) is 2. The van der Waals surface area contributed by atoms with Crippen LogP contribution in [0, 0.1) is 11.6 Å². The molecule has 0 heterocycles. The zero-order chi connectivity index (χ0) is 29.5. The van der Waals surface area contributed by atoms with Gasteiger partial charge in [0.15, 0.2) is 17.9 Å². The van der Waals surface area contributed by atoms with Gasteiger partial charge in [-0.1, -0.05) is 54.6 Å².